The van der Waals surface area contributed by atoms with Crippen LogP contribution in [-0.4, -0.2) is 37.1 Å². The van der Waals surface area contributed by atoms with Crippen LogP contribution in [-0.2, 0) is 10.0 Å². The Morgan fingerprint density at radius 2 is 2.33 bits per heavy atom. The van der Waals surface area contributed by atoms with Crippen molar-refractivity contribution in [1.29, 1.82) is 0 Å². The fraction of sp³-hybridized carbons (Fsp3) is 0.583. The maximum absolute atomic E-state index is 12.0. The van der Waals surface area contributed by atoms with E-state index in [1.54, 1.807) is 24.5 Å². The monoisotopic (exact) mass is 269 g/mol. The molecule has 6 heteroatoms. The van der Waals surface area contributed by atoms with Crippen molar-refractivity contribution in [3.05, 3.63) is 23.9 Å². The fourth-order valence-electron chi connectivity index (χ4n) is 2.36. The molecule has 1 saturated heterocycles. The number of nitrogens with one attached hydrogen (secondary N) is 1. The molecule has 100 valence electrons. The molecule has 18 heavy (non-hydrogen) atoms. The third-order valence-electron chi connectivity index (χ3n) is 3.35. The lowest BCUT2D eigenvalue weighted by molar-refractivity contribution is 0.397. The molecule has 2 rings (SSSR count). The first kappa shape index (κ1) is 13.3. The standard InChI is InChI=1S/C12H19N3O2S/c1-3-18(16,17)15-8-4-5-11(15)10-6-7-14-12(9-10)13-2/h6-7,9,11H,3-5,8H2,1-2H3,(H,13,14). The maximum Gasteiger partial charge on any atom is 0.214 e. The number of anilines is 1. The van der Waals surface area contributed by atoms with Gasteiger partial charge in [0.05, 0.1) is 5.75 Å². The van der Waals surface area contributed by atoms with Gasteiger partial charge in [0.25, 0.3) is 0 Å². The van der Waals surface area contributed by atoms with Crippen LogP contribution in [0.3, 0.4) is 0 Å². The number of sulfonamides is 1. The molecule has 1 aromatic heterocycles. The van der Waals surface area contributed by atoms with Crippen LogP contribution in [0.5, 0.6) is 0 Å². The van der Waals surface area contributed by atoms with E-state index in [-0.39, 0.29) is 11.8 Å². The molecular formula is C12H19N3O2S. The van der Waals surface area contributed by atoms with Gasteiger partial charge in [-0.1, -0.05) is 0 Å². The van der Waals surface area contributed by atoms with Crippen molar-refractivity contribution in [2.24, 2.45) is 0 Å². The molecule has 0 radical (unpaired) electrons. The molecule has 0 aliphatic carbocycles. The Morgan fingerprint density at radius 3 is 3.00 bits per heavy atom. The Bertz CT molecular complexity index is 516. The fourth-order valence-corrected chi connectivity index (χ4v) is 3.72. The van der Waals surface area contributed by atoms with E-state index in [0.717, 1.165) is 24.2 Å². The van der Waals surface area contributed by atoms with Crippen molar-refractivity contribution >= 4 is 15.8 Å². The maximum atomic E-state index is 12.0. The SMILES string of the molecule is CCS(=O)(=O)N1CCCC1c1ccnc(NC)c1. The quantitative estimate of drug-likeness (QED) is 0.902. The van der Waals surface area contributed by atoms with E-state index >= 15 is 0 Å². The molecule has 1 aromatic rings. The summed E-state index contributed by atoms with van der Waals surface area (Å²) in [7, 11) is -1.32. The summed E-state index contributed by atoms with van der Waals surface area (Å²) in [6.07, 6.45) is 3.52. The number of hydrogen-bond acceptors (Lipinski definition) is 4. The molecule has 5 nitrogen and oxygen atoms in total. The third-order valence-corrected chi connectivity index (χ3v) is 5.23. The summed E-state index contributed by atoms with van der Waals surface area (Å²) in [5.74, 6) is 0.932. The zero-order valence-corrected chi connectivity index (χ0v) is 11.6. The Labute approximate surface area is 108 Å². The zero-order valence-electron chi connectivity index (χ0n) is 10.8. The molecular weight excluding hydrogens is 250 g/mol. The highest BCUT2D eigenvalue weighted by atomic mass is 32.2. The molecule has 1 aliphatic heterocycles. The number of rotatable bonds is 4. The van der Waals surface area contributed by atoms with E-state index in [4.69, 9.17) is 0 Å². The van der Waals surface area contributed by atoms with Gasteiger partial charge in [0.15, 0.2) is 0 Å². The van der Waals surface area contributed by atoms with Crippen LogP contribution >= 0.6 is 0 Å². The summed E-state index contributed by atoms with van der Waals surface area (Å²) in [5.41, 5.74) is 1.02. The van der Waals surface area contributed by atoms with Gasteiger partial charge >= 0.3 is 0 Å². The number of pyridine rings is 1. The summed E-state index contributed by atoms with van der Waals surface area (Å²) in [6, 6.07) is 3.79. The van der Waals surface area contributed by atoms with Crippen molar-refractivity contribution in [2.45, 2.75) is 25.8 Å². The second kappa shape index (κ2) is 5.24. The van der Waals surface area contributed by atoms with E-state index in [0.29, 0.717) is 6.54 Å². The van der Waals surface area contributed by atoms with Gasteiger partial charge in [-0.15, -0.1) is 0 Å². The Kier molecular flexibility index (Phi) is 3.87. The van der Waals surface area contributed by atoms with Crippen LogP contribution in [0, 0.1) is 0 Å². The highest BCUT2D eigenvalue weighted by Gasteiger charge is 2.34. The van der Waals surface area contributed by atoms with E-state index < -0.39 is 10.0 Å². The van der Waals surface area contributed by atoms with Gasteiger partial charge in [0, 0.05) is 25.8 Å². The van der Waals surface area contributed by atoms with Crippen LogP contribution < -0.4 is 5.32 Å². The first-order chi connectivity index (χ1) is 8.58. The van der Waals surface area contributed by atoms with Crippen molar-refractivity contribution in [3.63, 3.8) is 0 Å². The van der Waals surface area contributed by atoms with Gasteiger partial charge in [-0.2, -0.15) is 4.31 Å². The summed E-state index contributed by atoms with van der Waals surface area (Å²) in [4.78, 5) is 4.16. The van der Waals surface area contributed by atoms with E-state index in [1.807, 2.05) is 12.1 Å². The predicted molar refractivity (Wildman–Crippen MR) is 71.9 cm³/mol. The summed E-state index contributed by atoms with van der Waals surface area (Å²) < 4.78 is 25.7. The second-order valence-electron chi connectivity index (χ2n) is 4.39. The Balaban J connectivity index is 2.31. The second-order valence-corrected chi connectivity index (χ2v) is 6.60. The summed E-state index contributed by atoms with van der Waals surface area (Å²) in [6.45, 7) is 2.31. The van der Waals surface area contributed by atoms with Crippen molar-refractivity contribution in [1.82, 2.24) is 9.29 Å². The molecule has 1 aliphatic rings. The van der Waals surface area contributed by atoms with Gasteiger partial charge in [-0.05, 0) is 37.5 Å². The van der Waals surface area contributed by atoms with Crippen LogP contribution in [0.4, 0.5) is 5.82 Å². The normalized spacial score (nSPS) is 21.1. The molecule has 1 N–H and O–H groups in total. The molecule has 0 aromatic carbocycles. The lowest BCUT2D eigenvalue weighted by atomic mass is 10.1. The van der Waals surface area contributed by atoms with Crippen LogP contribution in [0.15, 0.2) is 18.3 Å². The predicted octanol–water partition coefficient (Wildman–Crippen LogP) is 1.61. The lowest BCUT2D eigenvalue weighted by Crippen LogP contribution is -2.31. The van der Waals surface area contributed by atoms with Crippen LogP contribution in [0.1, 0.15) is 31.4 Å². The smallest absolute Gasteiger partial charge is 0.214 e. The van der Waals surface area contributed by atoms with Gasteiger partial charge in [-0.3, -0.25) is 0 Å². The largest absolute Gasteiger partial charge is 0.373 e. The van der Waals surface area contributed by atoms with E-state index in [9.17, 15) is 8.42 Å². The summed E-state index contributed by atoms with van der Waals surface area (Å²) in [5, 5.41) is 2.98. The molecule has 0 saturated carbocycles. The summed E-state index contributed by atoms with van der Waals surface area (Å²) >= 11 is 0. The molecule has 2 heterocycles. The van der Waals surface area contributed by atoms with Crippen LogP contribution in [0.25, 0.3) is 0 Å². The van der Waals surface area contributed by atoms with E-state index in [1.165, 1.54) is 0 Å². The molecule has 0 amide bonds. The Morgan fingerprint density at radius 1 is 1.56 bits per heavy atom. The number of aromatic nitrogens is 1. The average Bonchev–Trinajstić information content (AvgIpc) is 2.89. The van der Waals surface area contributed by atoms with Crippen molar-refractivity contribution in [2.75, 3.05) is 24.7 Å². The minimum absolute atomic E-state index is 0.0370. The molecule has 0 bridgehead atoms. The van der Waals surface area contributed by atoms with Crippen LogP contribution in [0.2, 0.25) is 0 Å². The van der Waals surface area contributed by atoms with Gasteiger partial charge in [-0.25, -0.2) is 13.4 Å². The minimum atomic E-state index is -3.12. The molecule has 1 unspecified atom stereocenters. The first-order valence-corrected chi connectivity index (χ1v) is 7.82. The topological polar surface area (TPSA) is 62.3 Å². The van der Waals surface area contributed by atoms with Gasteiger partial charge < -0.3 is 5.32 Å². The molecule has 1 fully saturated rings. The van der Waals surface area contributed by atoms with Crippen molar-refractivity contribution in [3.8, 4) is 0 Å². The molecule has 1 atom stereocenters. The minimum Gasteiger partial charge on any atom is -0.373 e. The molecule has 0 spiro atoms. The zero-order chi connectivity index (χ0) is 13.2. The first-order valence-electron chi connectivity index (χ1n) is 6.21. The highest BCUT2D eigenvalue weighted by molar-refractivity contribution is 7.89. The van der Waals surface area contributed by atoms with E-state index in [2.05, 4.69) is 10.3 Å². The third kappa shape index (κ3) is 2.49. The highest BCUT2D eigenvalue weighted by Crippen LogP contribution is 2.34. The average molecular weight is 269 g/mol. The Hall–Kier alpha value is -1.14. The van der Waals surface area contributed by atoms with Gasteiger partial charge in [0.2, 0.25) is 10.0 Å². The number of nitrogens with zero attached hydrogens (tertiary/aromatic N) is 2. The van der Waals surface area contributed by atoms with Crippen molar-refractivity contribution < 1.29 is 8.42 Å². The van der Waals surface area contributed by atoms with Gasteiger partial charge in [0.1, 0.15) is 5.82 Å². The lowest BCUT2D eigenvalue weighted by Gasteiger charge is -2.24. The number of hydrogen-bond donors (Lipinski definition) is 1.